The summed E-state index contributed by atoms with van der Waals surface area (Å²) >= 11 is 0. The first-order valence-electron chi connectivity index (χ1n) is 14.7. The number of rotatable bonds is 4. The van der Waals surface area contributed by atoms with Crippen molar-refractivity contribution in [2.24, 2.45) is 11.8 Å². The molecule has 0 saturated carbocycles. The molecule has 2 aliphatic heterocycles. The van der Waals surface area contributed by atoms with Crippen molar-refractivity contribution in [1.82, 2.24) is 19.9 Å². The van der Waals surface area contributed by atoms with Crippen LogP contribution in [0, 0.1) is 5.92 Å². The molecule has 0 aliphatic carbocycles. The third-order valence-corrected chi connectivity index (χ3v) is 7.30. The Kier molecular flexibility index (Phi) is 10.5. The summed E-state index contributed by atoms with van der Waals surface area (Å²) in [4.78, 5) is 48.3. The van der Waals surface area contributed by atoms with Gasteiger partial charge in [0, 0.05) is 30.8 Å². The number of aromatic amines is 1. The lowest BCUT2D eigenvalue weighted by Gasteiger charge is -2.31. The highest BCUT2D eigenvalue weighted by Gasteiger charge is 2.27. The van der Waals surface area contributed by atoms with Crippen molar-refractivity contribution < 1.29 is 19.1 Å². The van der Waals surface area contributed by atoms with Gasteiger partial charge in [-0.25, -0.2) is 10.8 Å². The number of hydrogen-bond acceptors (Lipinski definition) is 8. The second-order valence-electron chi connectivity index (χ2n) is 10.2. The Hall–Kier alpha value is -3.76. The largest absolute Gasteiger partial charge is 0.491 e. The minimum atomic E-state index is -0.357. The molecule has 5 rings (SSSR count). The molecule has 3 N–H and O–H groups in total. The van der Waals surface area contributed by atoms with E-state index in [9.17, 15) is 14.4 Å². The van der Waals surface area contributed by atoms with Crippen molar-refractivity contribution in [3.05, 3.63) is 57.9 Å². The quantitative estimate of drug-likeness (QED) is 0.273. The fourth-order valence-corrected chi connectivity index (χ4v) is 5.34. The lowest BCUT2D eigenvalue weighted by Crippen LogP contribution is -2.38. The van der Waals surface area contributed by atoms with Crippen LogP contribution in [0.3, 0.4) is 0 Å². The topological polar surface area (TPSA) is 131 Å². The SMILES string of the molecule is CC.CCOC(=O)C1CCCN(Cc2cc3c4nc(c(=O)[nH]c4c2)-c2cccc(c2)C(=O)N(N)CCCCCO3)C1. The van der Waals surface area contributed by atoms with E-state index in [2.05, 4.69) is 9.88 Å². The van der Waals surface area contributed by atoms with Crippen molar-refractivity contribution in [2.45, 2.75) is 59.4 Å². The molecule has 1 unspecified atom stereocenters. The summed E-state index contributed by atoms with van der Waals surface area (Å²) in [6.45, 7) is 9.23. The van der Waals surface area contributed by atoms with Crippen LogP contribution >= 0.6 is 0 Å². The normalized spacial score (nSPS) is 18.1. The van der Waals surface area contributed by atoms with Crippen LogP contribution in [-0.4, -0.2) is 64.6 Å². The predicted octanol–water partition coefficient (Wildman–Crippen LogP) is 4.27. The average molecular weight is 564 g/mol. The maximum absolute atomic E-state index is 13.2. The number of nitrogens with one attached hydrogen (secondary N) is 1. The van der Waals surface area contributed by atoms with Gasteiger partial charge in [0.15, 0.2) is 0 Å². The van der Waals surface area contributed by atoms with Gasteiger partial charge in [0.1, 0.15) is 17.0 Å². The minimum Gasteiger partial charge on any atom is -0.491 e. The predicted molar refractivity (Wildman–Crippen MR) is 158 cm³/mol. The number of nitrogens with two attached hydrogens (primary N) is 1. The zero-order chi connectivity index (χ0) is 29.4. The molecule has 0 radical (unpaired) electrons. The van der Waals surface area contributed by atoms with Crippen LogP contribution in [0.2, 0.25) is 0 Å². The number of likely N-dealkylation sites (tertiary alicyclic amines) is 1. The van der Waals surface area contributed by atoms with Crippen LogP contribution in [0.1, 0.15) is 68.8 Å². The number of carbonyl (C=O) groups is 2. The van der Waals surface area contributed by atoms with Gasteiger partial charge < -0.3 is 14.5 Å². The molecule has 1 amide bonds. The minimum absolute atomic E-state index is 0.131. The molecule has 1 saturated heterocycles. The fourth-order valence-electron chi connectivity index (χ4n) is 5.34. The third kappa shape index (κ3) is 7.31. The highest BCUT2D eigenvalue weighted by atomic mass is 16.5. The van der Waals surface area contributed by atoms with Gasteiger partial charge in [-0.3, -0.25) is 24.3 Å². The fraction of sp³-hybridized carbons (Fsp3) is 0.484. The lowest BCUT2D eigenvalue weighted by atomic mass is 9.97. The van der Waals surface area contributed by atoms with Crippen LogP contribution < -0.4 is 16.1 Å². The number of piperidine rings is 1. The number of H-pyrrole nitrogens is 1. The van der Waals surface area contributed by atoms with Crippen molar-refractivity contribution >= 4 is 22.9 Å². The first-order valence-corrected chi connectivity index (χ1v) is 14.7. The third-order valence-electron chi connectivity index (χ3n) is 7.30. The second-order valence-corrected chi connectivity index (χ2v) is 10.2. The zero-order valence-electron chi connectivity index (χ0n) is 24.3. The Bertz CT molecular complexity index is 1420. The van der Waals surface area contributed by atoms with Crippen molar-refractivity contribution in [2.75, 3.05) is 32.8 Å². The molecule has 1 fully saturated rings. The molecule has 4 bridgehead atoms. The summed E-state index contributed by atoms with van der Waals surface area (Å²) in [5.74, 6) is 6.05. The highest BCUT2D eigenvalue weighted by molar-refractivity contribution is 5.95. The van der Waals surface area contributed by atoms with Gasteiger partial charge in [0.25, 0.3) is 11.5 Å². The summed E-state index contributed by atoms with van der Waals surface area (Å²) < 4.78 is 11.5. The van der Waals surface area contributed by atoms with Gasteiger partial charge in [0.05, 0.1) is 24.6 Å². The van der Waals surface area contributed by atoms with E-state index in [1.807, 2.05) is 32.9 Å². The molecule has 0 spiro atoms. The van der Waals surface area contributed by atoms with Crippen molar-refractivity contribution in [1.29, 1.82) is 0 Å². The highest BCUT2D eigenvalue weighted by Crippen LogP contribution is 2.29. The zero-order valence-corrected chi connectivity index (χ0v) is 24.3. The Morgan fingerprint density at radius 2 is 1.90 bits per heavy atom. The van der Waals surface area contributed by atoms with Gasteiger partial charge in [-0.1, -0.05) is 26.0 Å². The van der Waals surface area contributed by atoms with Crippen molar-refractivity contribution in [3.63, 3.8) is 0 Å². The van der Waals surface area contributed by atoms with Gasteiger partial charge >= 0.3 is 5.97 Å². The van der Waals surface area contributed by atoms with E-state index >= 15 is 0 Å². The summed E-state index contributed by atoms with van der Waals surface area (Å²) in [6, 6.07) is 10.7. The van der Waals surface area contributed by atoms with Crippen LogP contribution in [0.4, 0.5) is 0 Å². The number of esters is 1. The number of carbonyl (C=O) groups excluding carboxylic acids is 2. The molecular formula is C31H41N5O5. The summed E-state index contributed by atoms with van der Waals surface area (Å²) in [5.41, 5.74) is 2.90. The molecule has 1 aromatic heterocycles. The smallest absolute Gasteiger partial charge is 0.310 e. The molecule has 1 atom stereocenters. The van der Waals surface area contributed by atoms with E-state index in [0.29, 0.717) is 60.8 Å². The van der Waals surface area contributed by atoms with E-state index in [1.54, 1.807) is 24.3 Å². The maximum atomic E-state index is 13.2. The van der Waals surface area contributed by atoms with E-state index in [0.717, 1.165) is 44.2 Å². The van der Waals surface area contributed by atoms with Crippen LogP contribution in [-0.2, 0) is 16.1 Å². The second kappa shape index (κ2) is 14.2. The Morgan fingerprint density at radius 3 is 2.71 bits per heavy atom. The first kappa shape index (κ1) is 30.2. The van der Waals surface area contributed by atoms with Gasteiger partial charge in [-0.15, -0.1) is 0 Å². The Balaban J connectivity index is 0.00000189. The summed E-state index contributed by atoms with van der Waals surface area (Å²) in [6.07, 6.45) is 4.13. The molecule has 220 valence electrons. The molecular weight excluding hydrogens is 522 g/mol. The van der Waals surface area contributed by atoms with Gasteiger partial charge in [0.2, 0.25) is 0 Å². The maximum Gasteiger partial charge on any atom is 0.310 e. The van der Waals surface area contributed by atoms with Crippen molar-refractivity contribution in [3.8, 4) is 17.0 Å². The van der Waals surface area contributed by atoms with Crippen LogP contribution in [0.15, 0.2) is 41.2 Å². The molecule has 2 aliphatic rings. The number of nitrogens with zero attached hydrogens (tertiary/aromatic N) is 3. The summed E-state index contributed by atoms with van der Waals surface area (Å²) in [7, 11) is 0. The molecule has 10 heteroatoms. The van der Waals surface area contributed by atoms with E-state index in [4.69, 9.17) is 20.3 Å². The van der Waals surface area contributed by atoms with Crippen LogP contribution in [0.25, 0.3) is 22.3 Å². The summed E-state index contributed by atoms with van der Waals surface area (Å²) in [5, 5.41) is 1.22. The van der Waals surface area contributed by atoms with E-state index in [1.165, 1.54) is 5.01 Å². The number of hydrogen-bond donors (Lipinski definition) is 2. The number of hydrazine groups is 1. The molecule has 3 heterocycles. The van der Waals surface area contributed by atoms with Crippen LogP contribution in [0.5, 0.6) is 5.75 Å². The van der Waals surface area contributed by atoms with Gasteiger partial charge in [-0.05, 0) is 75.4 Å². The molecule has 2 aromatic carbocycles. The first-order chi connectivity index (χ1) is 19.9. The lowest BCUT2D eigenvalue weighted by molar-refractivity contribution is -0.150. The monoisotopic (exact) mass is 563 g/mol. The Labute approximate surface area is 240 Å². The van der Waals surface area contributed by atoms with E-state index in [-0.39, 0.29) is 29.0 Å². The number of amides is 1. The number of aromatic nitrogens is 2. The molecule has 3 aromatic rings. The number of fused-ring (bicyclic) bond motifs is 4. The number of ether oxygens (including phenoxy) is 2. The number of benzene rings is 2. The van der Waals surface area contributed by atoms with Gasteiger partial charge in [-0.2, -0.15) is 0 Å². The average Bonchev–Trinajstić information content (AvgIpc) is 2.99. The molecule has 41 heavy (non-hydrogen) atoms. The molecule has 10 nitrogen and oxygen atoms in total. The standard InChI is InChI=1S/C29H35N5O5.C2H6/c1-2-38-29(37)22-10-7-11-33(18-22)17-19-14-23-26-24(15-19)39-13-5-3-4-12-34(30)28(36)21-9-6-8-20(16-21)25(32-26)27(35)31-23;1-2/h6,8-9,14-16,22H,2-5,7,10-13,17-18,30H2,1H3,(H,31,35);1-2H3. The van der Waals surface area contributed by atoms with E-state index < -0.39 is 0 Å². The Morgan fingerprint density at radius 1 is 1.10 bits per heavy atom.